The average Bonchev–Trinajstić information content (AvgIpc) is 2.57. The number of esters is 1. The number of rotatable bonds is 3. The lowest BCUT2D eigenvalue weighted by molar-refractivity contribution is 0.00578. The molecule has 22 heavy (non-hydrogen) atoms. The van der Waals surface area contributed by atoms with Crippen LogP contribution >= 0.6 is 0 Å². The molecule has 1 aromatic carbocycles. The van der Waals surface area contributed by atoms with Gasteiger partial charge in [0.25, 0.3) is 0 Å². The second-order valence-electron chi connectivity index (χ2n) is 6.78. The second kappa shape index (κ2) is 5.67. The standard InChI is InChI=1S/C16H22BFO4/c1-10(2)20-14(19)11-7-8-13(18)12(9-11)17-21-15(3,4)16(5,6)22-17/h7-10H,1-6H3. The summed E-state index contributed by atoms with van der Waals surface area (Å²) in [6.07, 6.45) is -0.238. The topological polar surface area (TPSA) is 44.8 Å². The Kier molecular flexibility index (Phi) is 4.37. The van der Waals surface area contributed by atoms with Gasteiger partial charge in [0.1, 0.15) is 5.82 Å². The number of ether oxygens (including phenoxy) is 1. The molecule has 0 atom stereocenters. The fourth-order valence-corrected chi connectivity index (χ4v) is 2.10. The molecule has 0 radical (unpaired) electrons. The maximum Gasteiger partial charge on any atom is 0.497 e. The van der Waals surface area contributed by atoms with Crippen molar-refractivity contribution in [3.8, 4) is 0 Å². The largest absolute Gasteiger partial charge is 0.497 e. The summed E-state index contributed by atoms with van der Waals surface area (Å²) in [6, 6.07) is 4.06. The Labute approximate surface area is 131 Å². The summed E-state index contributed by atoms with van der Waals surface area (Å²) in [4.78, 5) is 12.0. The Balaban J connectivity index is 2.31. The molecule has 0 unspecified atom stereocenters. The van der Waals surface area contributed by atoms with Crippen molar-refractivity contribution in [1.82, 2.24) is 0 Å². The van der Waals surface area contributed by atoms with Gasteiger partial charge in [0.15, 0.2) is 0 Å². The van der Waals surface area contributed by atoms with Gasteiger partial charge in [-0.05, 0) is 59.7 Å². The first-order valence-corrected chi connectivity index (χ1v) is 7.39. The molecule has 6 heteroatoms. The molecule has 1 saturated heterocycles. The van der Waals surface area contributed by atoms with Crippen molar-refractivity contribution in [3.63, 3.8) is 0 Å². The Bertz CT molecular complexity index is 568. The molecule has 0 amide bonds. The molecule has 4 nitrogen and oxygen atoms in total. The zero-order chi connectivity index (χ0) is 16.7. The average molecular weight is 308 g/mol. The maximum absolute atomic E-state index is 14.1. The molecular weight excluding hydrogens is 286 g/mol. The Hall–Kier alpha value is -1.40. The maximum atomic E-state index is 14.1. The Morgan fingerprint density at radius 3 is 2.23 bits per heavy atom. The van der Waals surface area contributed by atoms with Gasteiger partial charge in [-0.15, -0.1) is 0 Å². The molecule has 1 fully saturated rings. The monoisotopic (exact) mass is 308 g/mol. The van der Waals surface area contributed by atoms with E-state index in [1.54, 1.807) is 13.8 Å². The summed E-state index contributed by atoms with van der Waals surface area (Å²) in [5.74, 6) is -0.965. The van der Waals surface area contributed by atoms with Crippen molar-refractivity contribution in [2.45, 2.75) is 58.8 Å². The van der Waals surface area contributed by atoms with Gasteiger partial charge >= 0.3 is 13.1 Å². The third-order valence-electron chi connectivity index (χ3n) is 4.08. The lowest BCUT2D eigenvalue weighted by Gasteiger charge is -2.32. The van der Waals surface area contributed by atoms with Crippen LogP contribution in [0.25, 0.3) is 0 Å². The van der Waals surface area contributed by atoms with Crippen LogP contribution in [0.1, 0.15) is 51.9 Å². The van der Waals surface area contributed by atoms with Crippen molar-refractivity contribution in [2.24, 2.45) is 0 Å². The number of hydrogen-bond donors (Lipinski definition) is 0. The molecule has 0 bridgehead atoms. The fourth-order valence-electron chi connectivity index (χ4n) is 2.10. The molecule has 0 N–H and O–H groups in total. The van der Waals surface area contributed by atoms with Crippen LogP contribution in [0.4, 0.5) is 4.39 Å². The van der Waals surface area contributed by atoms with E-state index in [9.17, 15) is 9.18 Å². The molecule has 2 rings (SSSR count). The molecule has 0 aliphatic carbocycles. The van der Waals surface area contributed by atoms with Crippen LogP contribution in [0, 0.1) is 5.82 Å². The molecule has 1 aliphatic heterocycles. The van der Waals surface area contributed by atoms with Crippen molar-refractivity contribution in [1.29, 1.82) is 0 Å². The lowest BCUT2D eigenvalue weighted by Crippen LogP contribution is -2.41. The van der Waals surface area contributed by atoms with Gasteiger partial charge in [-0.25, -0.2) is 9.18 Å². The van der Waals surface area contributed by atoms with Crippen molar-refractivity contribution in [2.75, 3.05) is 0 Å². The first kappa shape index (κ1) is 17.0. The molecule has 120 valence electrons. The number of hydrogen-bond acceptors (Lipinski definition) is 4. The van der Waals surface area contributed by atoms with Gasteiger partial charge in [-0.2, -0.15) is 0 Å². The van der Waals surface area contributed by atoms with Crippen molar-refractivity contribution < 1.29 is 23.2 Å². The van der Waals surface area contributed by atoms with Crippen LogP contribution in [0.5, 0.6) is 0 Å². The highest BCUT2D eigenvalue weighted by molar-refractivity contribution is 6.62. The number of carbonyl (C=O) groups excluding carboxylic acids is 1. The van der Waals surface area contributed by atoms with E-state index in [0.29, 0.717) is 0 Å². The minimum atomic E-state index is -0.850. The predicted octanol–water partition coefficient (Wildman–Crippen LogP) is 2.69. The quantitative estimate of drug-likeness (QED) is 0.636. The highest BCUT2D eigenvalue weighted by atomic mass is 19.1. The number of benzene rings is 1. The van der Waals surface area contributed by atoms with Gasteiger partial charge < -0.3 is 14.0 Å². The summed E-state index contributed by atoms with van der Waals surface area (Å²) in [5.41, 5.74) is -0.659. The summed E-state index contributed by atoms with van der Waals surface area (Å²) >= 11 is 0. The summed E-state index contributed by atoms with van der Waals surface area (Å²) < 4.78 is 30.9. The van der Waals surface area contributed by atoms with Crippen LogP contribution < -0.4 is 5.46 Å². The molecule has 1 aliphatic rings. The molecule has 1 heterocycles. The van der Waals surface area contributed by atoms with E-state index in [2.05, 4.69) is 0 Å². The Morgan fingerprint density at radius 2 is 1.73 bits per heavy atom. The van der Waals surface area contributed by atoms with E-state index < -0.39 is 30.1 Å². The molecular formula is C16H22BFO4. The van der Waals surface area contributed by atoms with E-state index >= 15 is 0 Å². The van der Waals surface area contributed by atoms with Gasteiger partial charge in [0.05, 0.1) is 22.9 Å². The second-order valence-corrected chi connectivity index (χ2v) is 6.78. The van der Waals surface area contributed by atoms with Crippen LogP contribution in [0.3, 0.4) is 0 Å². The number of carbonyl (C=O) groups is 1. The first-order chi connectivity index (χ1) is 10.0. The summed E-state index contributed by atoms with van der Waals surface area (Å²) in [5, 5.41) is 0. The van der Waals surface area contributed by atoms with E-state index in [4.69, 9.17) is 14.0 Å². The smallest absolute Gasteiger partial charge is 0.459 e. The van der Waals surface area contributed by atoms with Crippen molar-refractivity contribution >= 4 is 18.6 Å². The van der Waals surface area contributed by atoms with Gasteiger partial charge in [0, 0.05) is 5.46 Å². The van der Waals surface area contributed by atoms with Crippen LogP contribution in [0.2, 0.25) is 0 Å². The van der Waals surface area contributed by atoms with Crippen molar-refractivity contribution in [3.05, 3.63) is 29.6 Å². The number of halogens is 1. The van der Waals surface area contributed by atoms with E-state index in [1.165, 1.54) is 18.2 Å². The lowest BCUT2D eigenvalue weighted by atomic mass is 9.78. The van der Waals surface area contributed by atoms with Gasteiger partial charge in [-0.3, -0.25) is 0 Å². The highest BCUT2D eigenvalue weighted by Crippen LogP contribution is 2.36. The normalized spacial score (nSPS) is 19.5. The van der Waals surface area contributed by atoms with Gasteiger partial charge in [0.2, 0.25) is 0 Å². The van der Waals surface area contributed by atoms with E-state index in [-0.39, 0.29) is 17.1 Å². The molecule has 1 aromatic rings. The third-order valence-corrected chi connectivity index (χ3v) is 4.08. The molecule has 0 spiro atoms. The molecule has 0 saturated carbocycles. The first-order valence-electron chi connectivity index (χ1n) is 7.39. The van der Waals surface area contributed by atoms with E-state index in [0.717, 1.165) is 0 Å². The molecule has 0 aromatic heterocycles. The van der Waals surface area contributed by atoms with E-state index in [1.807, 2.05) is 27.7 Å². The third kappa shape index (κ3) is 3.18. The summed E-state index contributed by atoms with van der Waals surface area (Å²) in [6.45, 7) is 11.1. The zero-order valence-electron chi connectivity index (χ0n) is 13.9. The minimum Gasteiger partial charge on any atom is -0.459 e. The summed E-state index contributed by atoms with van der Waals surface area (Å²) in [7, 11) is -0.850. The van der Waals surface area contributed by atoms with Crippen LogP contribution in [-0.4, -0.2) is 30.4 Å². The Morgan fingerprint density at radius 1 is 1.18 bits per heavy atom. The highest BCUT2D eigenvalue weighted by Gasteiger charge is 2.52. The van der Waals surface area contributed by atoms with Gasteiger partial charge in [-0.1, -0.05) is 0 Å². The fraction of sp³-hybridized carbons (Fsp3) is 0.562. The predicted molar refractivity (Wildman–Crippen MR) is 82.7 cm³/mol. The minimum absolute atomic E-state index is 0.205. The zero-order valence-corrected chi connectivity index (χ0v) is 13.9. The van der Waals surface area contributed by atoms with Crippen LogP contribution in [-0.2, 0) is 14.0 Å². The van der Waals surface area contributed by atoms with Crippen LogP contribution in [0.15, 0.2) is 18.2 Å². The SMILES string of the molecule is CC(C)OC(=O)c1ccc(F)c(B2OC(C)(C)C(C)(C)O2)c1.